The molecule has 1 fully saturated rings. The van der Waals surface area contributed by atoms with E-state index in [1.807, 2.05) is 0 Å². The van der Waals surface area contributed by atoms with Crippen molar-refractivity contribution in [1.82, 2.24) is 20.2 Å². The second-order valence-electron chi connectivity index (χ2n) is 7.91. The molecule has 0 spiro atoms. The van der Waals surface area contributed by atoms with Crippen LogP contribution in [0.15, 0.2) is 4.79 Å². The molecule has 9 heteroatoms. The maximum Gasteiger partial charge on any atom is 0.259 e. The van der Waals surface area contributed by atoms with Gasteiger partial charge in [0, 0.05) is 31.1 Å². The third-order valence-corrected chi connectivity index (χ3v) is 7.47. The topological polar surface area (TPSA) is 87.3 Å². The Bertz CT molecular complexity index is 932. The minimum absolute atomic E-state index is 0.0166. The Morgan fingerprint density at radius 2 is 2.14 bits per heavy atom. The van der Waals surface area contributed by atoms with Crippen LogP contribution in [0.4, 0.5) is 0 Å². The first-order valence-electron chi connectivity index (χ1n) is 10.3. The second-order valence-corrected chi connectivity index (χ2v) is 9.98. The van der Waals surface area contributed by atoms with Crippen LogP contribution in [0.3, 0.4) is 0 Å². The number of nitrogens with zero attached hydrogens (tertiary/aromatic N) is 2. The smallest absolute Gasteiger partial charge is 0.259 e. The summed E-state index contributed by atoms with van der Waals surface area (Å²) in [6.45, 7) is 7.45. The Kier molecular flexibility index (Phi) is 6.58. The van der Waals surface area contributed by atoms with Crippen molar-refractivity contribution < 1.29 is 9.53 Å². The number of rotatable bonds is 7. The number of hydrogen-bond acceptors (Lipinski definition) is 7. The van der Waals surface area contributed by atoms with Crippen molar-refractivity contribution in [3.05, 3.63) is 26.6 Å². The van der Waals surface area contributed by atoms with Gasteiger partial charge >= 0.3 is 0 Å². The Morgan fingerprint density at radius 1 is 1.34 bits per heavy atom. The van der Waals surface area contributed by atoms with Gasteiger partial charge in [0.1, 0.15) is 10.7 Å². The van der Waals surface area contributed by atoms with Crippen LogP contribution in [0.5, 0.6) is 0 Å². The number of aromatic amines is 1. The van der Waals surface area contributed by atoms with Gasteiger partial charge in [0.15, 0.2) is 0 Å². The molecule has 0 saturated carbocycles. The average Bonchev–Trinajstić information content (AvgIpc) is 3.21. The van der Waals surface area contributed by atoms with E-state index in [9.17, 15) is 9.59 Å². The number of amides is 1. The molecule has 0 bridgehead atoms. The zero-order chi connectivity index (χ0) is 20.4. The minimum Gasteiger partial charge on any atom is -0.373 e. The molecule has 2 aliphatic rings. The van der Waals surface area contributed by atoms with E-state index in [0.717, 1.165) is 49.1 Å². The zero-order valence-corrected chi connectivity index (χ0v) is 18.6. The van der Waals surface area contributed by atoms with E-state index in [0.29, 0.717) is 23.9 Å². The maximum atomic E-state index is 12.5. The molecule has 1 aliphatic heterocycles. The van der Waals surface area contributed by atoms with Crippen LogP contribution in [-0.4, -0.2) is 64.9 Å². The number of fused-ring (bicyclic) bond motifs is 3. The molecule has 0 aromatic carbocycles. The van der Waals surface area contributed by atoms with Crippen LogP contribution in [0.1, 0.15) is 36.5 Å². The summed E-state index contributed by atoms with van der Waals surface area (Å²) >= 11 is 3.12. The summed E-state index contributed by atoms with van der Waals surface area (Å²) in [6, 6.07) is 0. The predicted molar refractivity (Wildman–Crippen MR) is 118 cm³/mol. The van der Waals surface area contributed by atoms with Gasteiger partial charge in [-0.15, -0.1) is 23.1 Å². The number of hydrogen-bond donors (Lipinski definition) is 2. The van der Waals surface area contributed by atoms with Gasteiger partial charge in [-0.05, 0) is 38.7 Å². The lowest BCUT2D eigenvalue weighted by atomic mass is 10.2. The lowest BCUT2D eigenvalue weighted by molar-refractivity contribution is -0.118. The summed E-state index contributed by atoms with van der Waals surface area (Å²) in [5, 5.41) is 3.76. The molecule has 2 aromatic heterocycles. The van der Waals surface area contributed by atoms with E-state index in [-0.39, 0.29) is 23.7 Å². The summed E-state index contributed by atoms with van der Waals surface area (Å²) in [4.78, 5) is 36.6. The fourth-order valence-electron chi connectivity index (χ4n) is 4.23. The van der Waals surface area contributed by atoms with E-state index in [1.165, 1.54) is 22.2 Å². The third kappa shape index (κ3) is 5.02. The summed E-state index contributed by atoms with van der Waals surface area (Å²) in [5.41, 5.74) is 1.16. The highest BCUT2D eigenvalue weighted by atomic mass is 32.2. The summed E-state index contributed by atoms with van der Waals surface area (Å²) in [6.07, 6.45) is 3.65. The van der Waals surface area contributed by atoms with Crippen molar-refractivity contribution in [2.75, 3.05) is 31.9 Å². The monoisotopic (exact) mass is 436 g/mol. The first-order valence-corrected chi connectivity index (χ1v) is 12.2. The number of thioether (sulfide) groups is 1. The van der Waals surface area contributed by atoms with E-state index < -0.39 is 0 Å². The van der Waals surface area contributed by atoms with Crippen LogP contribution in [0, 0.1) is 0 Å². The number of ether oxygens (including phenoxy) is 1. The van der Waals surface area contributed by atoms with Crippen LogP contribution >= 0.6 is 23.1 Å². The van der Waals surface area contributed by atoms with E-state index in [1.54, 1.807) is 11.3 Å². The molecule has 1 aliphatic carbocycles. The Morgan fingerprint density at radius 3 is 2.93 bits per heavy atom. The van der Waals surface area contributed by atoms with Crippen molar-refractivity contribution in [3.8, 4) is 0 Å². The Balaban J connectivity index is 1.22. The van der Waals surface area contributed by atoms with Crippen molar-refractivity contribution >= 4 is 39.2 Å². The maximum absolute atomic E-state index is 12.5. The van der Waals surface area contributed by atoms with Gasteiger partial charge in [0.05, 0.1) is 29.1 Å². The van der Waals surface area contributed by atoms with Crippen molar-refractivity contribution in [2.45, 2.75) is 51.1 Å². The zero-order valence-electron chi connectivity index (χ0n) is 17.0. The minimum atomic E-state index is -0.0385. The standard InChI is InChI=1S/C20H28N4O3S2/c1-12-8-24(9-13(2)27-12)7-6-21-17(25)11-28-10-16-22-19(26)18-14-4-3-5-15(14)29-20(18)23-16/h12-13H,3-11H2,1-2H3,(H,21,25)(H,22,23,26). The largest absolute Gasteiger partial charge is 0.373 e. The number of carbonyl (C=O) groups excluding carboxylic acids is 1. The normalized spacial score (nSPS) is 22.1. The molecular formula is C20H28N4O3S2. The van der Waals surface area contributed by atoms with Gasteiger partial charge in [-0.1, -0.05) is 0 Å². The lowest BCUT2D eigenvalue weighted by Crippen LogP contribution is -2.48. The molecule has 158 valence electrons. The first kappa shape index (κ1) is 20.8. The van der Waals surface area contributed by atoms with E-state index in [2.05, 4.69) is 34.0 Å². The number of morpholine rings is 1. The average molecular weight is 437 g/mol. The summed E-state index contributed by atoms with van der Waals surface area (Å²) in [7, 11) is 0. The van der Waals surface area contributed by atoms with Gasteiger partial charge in [-0.3, -0.25) is 14.5 Å². The molecule has 4 rings (SSSR count). The van der Waals surface area contributed by atoms with Gasteiger partial charge in [-0.2, -0.15) is 0 Å². The molecule has 2 unspecified atom stereocenters. The van der Waals surface area contributed by atoms with Crippen LogP contribution in [0.25, 0.3) is 10.2 Å². The van der Waals surface area contributed by atoms with Gasteiger partial charge in [0.2, 0.25) is 5.91 Å². The number of aromatic nitrogens is 2. The molecule has 2 N–H and O–H groups in total. The van der Waals surface area contributed by atoms with Crippen molar-refractivity contribution in [1.29, 1.82) is 0 Å². The predicted octanol–water partition coefficient (Wildman–Crippen LogP) is 1.93. The highest BCUT2D eigenvalue weighted by Crippen LogP contribution is 2.34. The Hall–Kier alpha value is -1.42. The quantitative estimate of drug-likeness (QED) is 0.690. The molecule has 29 heavy (non-hydrogen) atoms. The fraction of sp³-hybridized carbons (Fsp3) is 0.650. The third-order valence-electron chi connectivity index (χ3n) is 5.34. The SMILES string of the molecule is CC1CN(CCNC(=O)CSCc2nc3sc4c(c3c(=O)[nH]2)CCC4)CC(C)O1. The number of H-pyrrole nitrogens is 1. The number of aryl methyl sites for hydroxylation is 2. The molecule has 1 saturated heterocycles. The van der Waals surface area contributed by atoms with Crippen LogP contribution < -0.4 is 10.9 Å². The van der Waals surface area contributed by atoms with E-state index >= 15 is 0 Å². The lowest BCUT2D eigenvalue weighted by Gasteiger charge is -2.35. The van der Waals surface area contributed by atoms with Gasteiger partial charge < -0.3 is 15.0 Å². The summed E-state index contributed by atoms with van der Waals surface area (Å²) < 4.78 is 5.73. The molecule has 1 amide bonds. The highest BCUT2D eigenvalue weighted by Gasteiger charge is 2.22. The molecule has 7 nitrogen and oxygen atoms in total. The van der Waals surface area contributed by atoms with Gasteiger partial charge in [0.25, 0.3) is 5.56 Å². The first-order chi connectivity index (χ1) is 14.0. The fourth-order valence-corrected chi connectivity index (χ4v) is 6.23. The molecular weight excluding hydrogens is 408 g/mol. The second kappa shape index (κ2) is 9.16. The number of carbonyl (C=O) groups is 1. The van der Waals surface area contributed by atoms with Crippen LogP contribution in [0.2, 0.25) is 0 Å². The highest BCUT2D eigenvalue weighted by molar-refractivity contribution is 7.99. The van der Waals surface area contributed by atoms with Crippen molar-refractivity contribution in [3.63, 3.8) is 0 Å². The van der Waals surface area contributed by atoms with Gasteiger partial charge in [-0.25, -0.2) is 4.98 Å². The molecule has 3 heterocycles. The molecule has 2 aromatic rings. The summed E-state index contributed by atoms with van der Waals surface area (Å²) in [5.74, 6) is 1.55. The molecule has 2 atom stereocenters. The number of nitrogens with one attached hydrogen (secondary N) is 2. The van der Waals surface area contributed by atoms with Crippen molar-refractivity contribution in [2.24, 2.45) is 0 Å². The van der Waals surface area contributed by atoms with Crippen LogP contribution in [-0.2, 0) is 28.1 Å². The Labute approximate surface area is 178 Å². The number of thiophene rings is 1. The van der Waals surface area contributed by atoms with E-state index in [4.69, 9.17) is 4.74 Å². The molecule has 0 radical (unpaired) electrons.